The molecule has 0 atom stereocenters. The van der Waals surface area contributed by atoms with E-state index in [2.05, 4.69) is 5.32 Å². The molecule has 0 aliphatic heterocycles. The Morgan fingerprint density at radius 3 is 2.55 bits per heavy atom. The number of aliphatic carboxylic acids is 1. The van der Waals surface area contributed by atoms with Gasteiger partial charge in [-0.05, 0) is 31.4 Å². The number of carboxylic acid groups (broad SMARTS) is 1. The van der Waals surface area contributed by atoms with Crippen LogP contribution in [0, 0.1) is 6.92 Å². The van der Waals surface area contributed by atoms with Crippen molar-refractivity contribution in [2.75, 3.05) is 5.75 Å². The number of hydrogen-bond acceptors (Lipinski definition) is 3. The highest BCUT2D eigenvalue weighted by molar-refractivity contribution is 8.00. The molecule has 2 rings (SSSR count). The molecule has 20 heavy (non-hydrogen) atoms. The first-order valence-electron chi connectivity index (χ1n) is 6.76. The summed E-state index contributed by atoms with van der Waals surface area (Å²) in [4.78, 5) is 24.4. The molecule has 1 aliphatic carbocycles. The molecule has 0 spiro atoms. The number of aryl methyl sites for hydroxylation is 1. The van der Waals surface area contributed by atoms with Crippen LogP contribution in [0.25, 0.3) is 0 Å². The lowest BCUT2D eigenvalue weighted by molar-refractivity contribution is -0.147. The van der Waals surface area contributed by atoms with Crippen molar-refractivity contribution in [3.8, 4) is 0 Å². The maximum atomic E-state index is 12.0. The largest absolute Gasteiger partial charge is 0.480 e. The molecule has 2 N–H and O–H groups in total. The molecule has 0 bridgehead atoms. The van der Waals surface area contributed by atoms with E-state index in [0.29, 0.717) is 12.8 Å². The smallest absolute Gasteiger partial charge is 0.329 e. The van der Waals surface area contributed by atoms with Gasteiger partial charge in [-0.1, -0.05) is 31.0 Å². The Bertz CT molecular complexity index is 510. The lowest BCUT2D eigenvalue weighted by Gasteiger charge is -2.25. The van der Waals surface area contributed by atoms with Crippen LogP contribution in [-0.2, 0) is 9.59 Å². The minimum Gasteiger partial charge on any atom is -0.480 e. The zero-order valence-electron chi connectivity index (χ0n) is 11.5. The average Bonchev–Trinajstić information content (AvgIpc) is 2.88. The van der Waals surface area contributed by atoms with E-state index in [1.807, 2.05) is 31.2 Å². The summed E-state index contributed by atoms with van der Waals surface area (Å²) < 4.78 is 0. The van der Waals surface area contributed by atoms with Crippen LogP contribution in [0.5, 0.6) is 0 Å². The summed E-state index contributed by atoms with van der Waals surface area (Å²) in [6.45, 7) is 2.00. The molecule has 0 heterocycles. The van der Waals surface area contributed by atoms with Gasteiger partial charge in [0, 0.05) is 4.90 Å². The minimum atomic E-state index is -1.04. The number of hydrogen-bond donors (Lipinski definition) is 2. The zero-order chi connectivity index (χ0) is 14.6. The molecule has 1 fully saturated rings. The Hall–Kier alpha value is -1.49. The van der Waals surface area contributed by atoms with Gasteiger partial charge in [-0.15, -0.1) is 11.8 Å². The first-order valence-corrected chi connectivity index (χ1v) is 7.75. The van der Waals surface area contributed by atoms with Gasteiger partial charge < -0.3 is 10.4 Å². The van der Waals surface area contributed by atoms with E-state index < -0.39 is 11.5 Å². The predicted octanol–water partition coefficient (Wildman–Crippen LogP) is 2.60. The van der Waals surface area contributed by atoms with Crippen LogP contribution in [0.3, 0.4) is 0 Å². The first-order chi connectivity index (χ1) is 9.53. The lowest BCUT2D eigenvalue weighted by atomic mass is 9.98. The second kappa shape index (κ2) is 6.31. The summed E-state index contributed by atoms with van der Waals surface area (Å²) in [5, 5.41) is 12.0. The molecule has 0 saturated heterocycles. The summed E-state index contributed by atoms with van der Waals surface area (Å²) in [7, 11) is 0. The minimum absolute atomic E-state index is 0.206. The van der Waals surface area contributed by atoms with E-state index in [9.17, 15) is 14.7 Å². The van der Waals surface area contributed by atoms with Gasteiger partial charge in [0.05, 0.1) is 5.75 Å². The lowest BCUT2D eigenvalue weighted by Crippen LogP contribution is -2.53. The van der Waals surface area contributed by atoms with E-state index in [1.165, 1.54) is 11.8 Å². The van der Waals surface area contributed by atoms with Gasteiger partial charge in [-0.3, -0.25) is 4.79 Å². The van der Waals surface area contributed by atoms with E-state index in [-0.39, 0.29) is 11.7 Å². The fraction of sp³-hybridized carbons (Fsp3) is 0.467. The maximum absolute atomic E-state index is 12.0. The number of nitrogens with one attached hydrogen (secondary N) is 1. The number of amides is 1. The number of benzene rings is 1. The standard InChI is InChI=1S/C15H19NO3S/c1-11-6-2-3-7-12(11)20-10-13(17)16-15(14(18)19)8-4-5-9-15/h2-3,6-7H,4-5,8-10H2,1H3,(H,16,17)(H,18,19). The Labute approximate surface area is 123 Å². The van der Waals surface area contributed by atoms with Gasteiger partial charge in [0.15, 0.2) is 0 Å². The third-order valence-corrected chi connectivity index (χ3v) is 4.87. The Morgan fingerprint density at radius 1 is 1.30 bits per heavy atom. The average molecular weight is 293 g/mol. The monoisotopic (exact) mass is 293 g/mol. The highest BCUT2D eigenvalue weighted by atomic mass is 32.2. The predicted molar refractivity (Wildman–Crippen MR) is 78.9 cm³/mol. The van der Waals surface area contributed by atoms with Gasteiger partial charge in [0.25, 0.3) is 0 Å². The van der Waals surface area contributed by atoms with Gasteiger partial charge in [0.2, 0.25) is 5.91 Å². The zero-order valence-corrected chi connectivity index (χ0v) is 12.3. The fourth-order valence-electron chi connectivity index (χ4n) is 2.54. The molecular weight excluding hydrogens is 274 g/mol. The molecule has 0 unspecified atom stereocenters. The van der Waals surface area contributed by atoms with Crippen LogP contribution < -0.4 is 5.32 Å². The Balaban J connectivity index is 1.92. The fourth-order valence-corrected chi connectivity index (χ4v) is 3.36. The van der Waals surface area contributed by atoms with Gasteiger partial charge >= 0.3 is 5.97 Å². The Kier molecular flexibility index (Phi) is 4.70. The van der Waals surface area contributed by atoms with Crippen LogP contribution in [0.15, 0.2) is 29.2 Å². The topological polar surface area (TPSA) is 66.4 Å². The third kappa shape index (κ3) is 3.33. The van der Waals surface area contributed by atoms with Crippen molar-refractivity contribution >= 4 is 23.6 Å². The second-order valence-corrected chi connectivity index (χ2v) is 6.21. The highest BCUT2D eigenvalue weighted by Gasteiger charge is 2.42. The number of rotatable bonds is 5. The maximum Gasteiger partial charge on any atom is 0.329 e. The normalized spacial score (nSPS) is 16.9. The number of carbonyl (C=O) groups excluding carboxylic acids is 1. The second-order valence-electron chi connectivity index (χ2n) is 5.20. The Morgan fingerprint density at radius 2 is 1.95 bits per heavy atom. The highest BCUT2D eigenvalue weighted by Crippen LogP contribution is 2.30. The molecule has 1 aromatic rings. The summed E-state index contributed by atoms with van der Waals surface area (Å²) in [5.41, 5.74) is 0.0859. The van der Waals surface area contributed by atoms with Crippen molar-refractivity contribution in [3.05, 3.63) is 29.8 Å². The summed E-state index contributed by atoms with van der Waals surface area (Å²) in [5.74, 6) is -0.869. The number of thioether (sulfide) groups is 1. The van der Waals surface area contributed by atoms with Crippen molar-refractivity contribution < 1.29 is 14.7 Å². The summed E-state index contributed by atoms with van der Waals surface area (Å²) in [6, 6.07) is 7.85. The van der Waals surface area contributed by atoms with Crippen LogP contribution in [0.2, 0.25) is 0 Å². The van der Waals surface area contributed by atoms with Gasteiger partial charge in [-0.25, -0.2) is 4.79 Å². The third-order valence-electron chi connectivity index (χ3n) is 3.70. The van der Waals surface area contributed by atoms with Crippen molar-refractivity contribution in [1.29, 1.82) is 0 Å². The first kappa shape index (κ1) is 14.9. The van der Waals surface area contributed by atoms with Gasteiger partial charge in [-0.2, -0.15) is 0 Å². The molecular formula is C15H19NO3S. The van der Waals surface area contributed by atoms with Crippen LogP contribution in [-0.4, -0.2) is 28.3 Å². The molecule has 4 nitrogen and oxygen atoms in total. The molecule has 0 aromatic heterocycles. The van der Waals surface area contributed by atoms with Crippen LogP contribution >= 0.6 is 11.8 Å². The molecule has 1 aromatic carbocycles. The van der Waals surface area contributed by atoms with E-state index in [4.69, 9.17) is 0 Å². The van der Waals surface area contributed by atoms with Crippen molar-refractivity contribution in [2.24, 2.45) is 0 Å². The van der Waals surface area contributed by atoms with Crippen molar-refractivity contribution in [1.82, 2.24) is 5.32 Å². The quantitative estimate of drug-likeness (QED) is 0.819. The number of carbonyl (C=O) groups is 2. The van der Waals surface area contributed by atoms with E-state index in [0.717, 1.165) is 23.3 Å². The van der Waals surface area contributed by atoms with Crippen molar-refractivity contribution in [3.63, 3.8) is 0 Å². The van der Waals surface area contributed by atoms with Gasteiger partial charge in [0.1, 0.15) is 5.54 Å². The van der Waals surface area contributed by atoms with Crippen LogP contribution in [0.4, 0.5) is 0 Å². The van der Waals surface area contributed by atoms with Crippen molar-refractivity contribution in [2.45, 2.75) is 43.0 Å². The number of carboxylic acids is 1. The van der Waals surface area contributed by atoms with E-state index in [1.54, 1.807) is 0 Å². The molecule has 0 radical (unpaired) electrons. The SMILES string of the molecule is Cc1ccccc1SCC(=O)NC1(C(=O)O)CCCC1. The summed E-state index contributed by atoms with van der Waals surface area (Å²) >= 11 is 1.44. The van der Waals surface area contributed by atoms with Crippen LogP contribution in [0.1, 0.15) is 31.2 Å². The summed E-state index contributed by atoms with van der Waals surface area (Å²) in [6.07, 6.45) is 2.78. The van der Waals surface area contributed by atoms with E-state index >= 15 is 0 Å². The molecule has 5 heteroatoms. The molecule has 1 saturated carbocycles. The molecule has 1 amide bonds. The molecule has 1 aliphatic rings. The molecule has 108 valence electrons.